The van der Waals surface area contributed by atoms with Crippen molar-refractivity contribution in [1.82, 2.24) is 9.88 Å². The molecule has 2 amide bonds. The second-order valence-electron chi connectivity index (χ2n) is 4.18. The van der Waals surface area contributed by atoms with E-state index in [0.717, 1.165) is 0 Å². The number of aromatic nitrogens is 1. The van der Waals surface area contributed by atoms with Crippen molar-refractivity contribution >= 4 is 23.6 Å². The molecule has 0 aliphatic carbocycles. The minimum absolute atomic E-state index is 0.108. The highest BCUT2D eigenvalue weighted by Gasteiger charge is 2.12. The van der Waals surface area contributed by atoms with Gasteiger partial charge in [-0.3, -0.25) is 14.9 Å². The van der Waals surface area contributed by atoms with Crippen LogP contribution in [-0.4, -0.2) is 39.6 Å². The van der Waals surface area contributed by atoms with Crippen LogP contribution in [0, 0.1) is 5.92 Å². The van der Waals surface area contributed by atoms with Crippen LogP contribution < -0.4 is 5.32 Å². The fourth-order valence-corrected chi connectivity index (χ4v) is 2.21. The molecule has 1 heterocycles. The van der Waals surface area contributed by atoms with Crippen LogP contribution >= 0.6 is 11.8 Å². The molecule has 1 aromatic rings. The van der Waals surface area contributed by atoms with Crippen molar-refractivity contribution < 1.29 is 14.7 Å². The molecule has 6 heteroatoms. The third-order valence-corrected chi connectivity index (χ3v) is 3.65. The zero-order valence-corrected chi connectivity index (χ0v) is 11.4. The quantitative estimate of drug-likeness (QED) is 0.796. The molecule has 0 aromatic carbocycles. The van der Waals surface area contributed by atoms with Gasteiger partial charge in [0.15, 0.2) is 0 Å². The molecule has 0 spiro atoms. The average molecular weight is 270 g/mol. The Morgan fingerprint density at radius 1 is 1.56 bits per heavy atom. The molecule has 1 aromatic heterocycles. The number of amides is 2. The molecule has 2 N–H and O–H groups in total. The van der Waals surface area contributed by atoms with Gasteiger partial charge in [-0.05, 0) is 23.8 Å². The number of aliphatic hydroxyl groups excluding tert-OH is 1. The third kappa shape index (κ3) is 4.54. The number of thioether (sulfide) groups is 1. The van der Waals surface area contributed by atoms with Crippen LogP contribution in [0.4, 0.5) is 0 Å². The van der Waals surface area contributed by atoms with Gasteiger partial charge in [-0.1, -0.05) is 6.92 Å². The van der Waals surface area contributed by atoms with Gasteiger partial charge in [-0.2, -0.15) is 11.8 Å². The van der Waals surface area contributed by atoms with Crippen LogP contribution in [0.2, 0.25) is 0 Å². The summed E-state index contributed by atoms with van der Waals surface area (Å²) in [4.78, 5) is 23.2. The molecule has 0 radical (unpaired) electrons. The summed E-state index contributed by atoms with van der Waals surface area (Å²) in [7, 11) is 1.75. The average Bonchev–Trinajstić information content (AvgIpc) is 2.75. The van der Waals surface area contributed by atoms with Crippen LogP contribution in [0.3, 0.4) is 0 Å². The predicted octanol–water partition coefficient (Wildman–Crippen LogP) is 0.643. The van der Waals surface area contributed by atoms with Gasteiger partial charge in [0.1, 0.15) is 5.69 Å². The molecule has 1 atom stereocenters. The Morgan fingerprint density at radius 2 is 2.28 bits per heavy atom. The number of aliphatic hydroxyl groups is 1. The Kier molecular flexibility index (Phi) is 5.94. The molecular weight excluding hydrogens is 252 g/mol. The highest BCUT2D eigenvalue weighted by molar-refractivity contribution is 7.99. The lowest BCUT2D eigenvalue weighted by Crippen LogP contribution is -2.33. The van der Waals surface area contributed by atoms with Gasteiger partial charge in [0.25, 0.3) is 5.91 Å². The van der Waals surface area contributed by atoms with Gasteiger partial charge >= 0.3 is 0 Å². The largest absolute Gasteiger partial charge is 0.396 e. The molecule has 5 nitrogen and oxygen atoms in total. The summed E-state index contributed by atoms with van der Waals surface area (Å²) >= 11 is 1.41. The number of rotatable bonds is 6. The van der Waals surface area contributed by atoms with Gasteiger partial charge in [0.05, 0.1) is 5.75 Å². The highest BCUT2D eigenvalue weighted by Crippen LogP contribution is 2.07. The minimum Gasteiger partial charge on any atom is -0.396 e. The SMILES string of the molecule is CC(CO)CSCC(=O)NC(=O)c1cccn1C. The van der Waals surface area contributed by atoms with E-state index in [1.54, 1.807) is 29.9 Å². The van der Waals surface area contributed by atoms with Crippen molar-refractivity contribution in [2.75, 3.05) is 18.1 Å². The number of hydrogen-bond donors (Lipinski definition) is 2. The molecule has 0 aliphatic rings. The Bertz CT molecular complexity index is 417. The zero-order chi connectivity index (χ0) is 13.5. The molecule has 0 saturated heterocycles. The number of aryl methyl sites for hydroxylation is 1. The maximum atomic E-state index is 11.7. The molecule has 0 fully saturated rings. The van der Waals surface area contributed by atoms with Crippen LogP contribution in [-0.2, 0) is 11.8 Å². The molecule has 1 rings (SSSR count). The molecule has 0 bridgehead atoms. The molecule has 18 heavy (non-hydrogen) atoms. The summed E-state index contributed by atoms with van der Waals surface area (Å²) in [6.45, 7) is 2.01. The van der Waals surface area contributed by atoms with Gasteiger partial charge in [-0.25, -0.2) is 0 Å². The Labute approximate surface area is 111 Å². The van der Waals surface area contributed by atoms with E-state index < -0.39 is 0 Å². The smallest absolute Gasteiger partial charge is 0.274 e. The first kappa shape index (κ1) is 14.8. The first-order chi connectivity index (χ1) is 8.54. The monoisotopic (exact) mass is 270 g/mol. The fourth-order valence-electron chi connectivity index (χ4n) is 1.33. The van der Waals surface area contributed by atoms with Crippen molar-refractivity contribution in [2.24, 2.45) is 13.0 Å². The Hall–Kier alpha value is -1.27. The number of imide groups is 1. The molecule has 0 saturated carbocycles. The van der Waals surface area contributed by atoms with Crippen molar-refractivity contribution in [3.8, 4) is 0 Å². The molecule has 100 valence electrons. The van der Waals surface area contributed by atoms with Gasteiger partial charge in [0.2, 0.25) is 5.91 Å². The van der Waals surface area contributed by atoms with E-state index in [1.807, 2.05) is 6.92 Å². The van der Waals surface area contributed by atoms with Crippen LogP contribution in [0.25, 0.3) is 0 Å². The van der Waals surface area contributed by atoms with E-state index in [4.69, 9.17) is 5.11 Å². The summed E-state index contributed by atoms with van der Waals surface area (Å²) in [5, 5.41) is 11.2. The Balaban J connectivity index is 2.33. The molecule has 0 aliphatic heterocycles. The number of carbonyl (C=O) groups excluding carboxylic acids is 2. The second kappa shape index (κ2) is 7.23. The summed E-state index contributed by atoms with van der Waals surface area (Å²) in [5.41, 5.74) is 0.456. The zero-order valence-electron chi connectivity index (χ0n) is 10.5. The fraction of sp³-hybridized carbons (Fsp3) is 0.500. The van der Waals surface area contributed by atoms with Gasteiger partial charge < -0.3 is 9.67 Å². The van der Waals surface area contributed by atoms with E-state index in [-0.39, 0.29) is 30.1 Å². The lowest BCUT2D eigenvalue weighted by molar-refractivity contribution is -0.117. The highest BCUT2D eigenvalue weighted by atomic mass is 32.2. The van der Waals surface area contributed by atoms with Crippen molar-refractivity contribution in [3.63, 3.8) is 0 Å². The lowest BCUT2D eigenvalue weighted by atomic mass is 10.2. The number of nitrogens with zero attached hydrogens (tertiary/aromatic N) is 1. The Morgan fingerprint density at radius 3 is 2.83 bits per heavy atom. The summed E-state index contributed by atoms with van der Waals surface area (Å²) in [6, 6.07) is 3.40. The van der Waals surface area contributed by atoms with Gasteiger partial charge in [-0.15, -0.1) is 0 Å². The molecule has 1 unspecified atom stereocenters. The number of nitrogens with one attached hydrogen (secondary N) is 1. The third-order valence-electron chi connectivity index (χ3n) is 2.38. The topological polar surface area (TPSA) is 71.3 Å². The second-order valence-corrected chi connectivity index (χ2v) is 5.21. The predicted molar refractivity (Wildman–Crippen MR) is 71.5 cm³/mol. The number of hydrogen-bond acceptors (Lipinski definition) is 4. The summed E-state index contributed by atoms with van der Waals surface area (Å²) in [6.07, 6.45) is 1.75. The van der Waals surface area contributed by atoms with E-state index in [2.05, 4.69) is 5.32 Å². The maximum absolute atomic E-state index is 11.7. The lowest BCUT2D eigenvalue weighted by Gasteiger charge is -2.07. The van der Waals surface area contributed by atoms with Crippen LogP contribution in [0.1, 0.15) is 17.4 Å². The van der Waals surface area contributed by atoms with Crippen molar-refractivity contribution in [1.29, 1.82) is 0 Å². The van der Waals surface area contributed by atoms with E-state index in [0.29, 0.717) is 11.4 Å². The first-order valence-corrected chi connectivity index (χ1v) is 6.84. The summed E-state index contributed by atoms with van der Waals surface area (Å²) in [5.74, 6) is 0.383. The summed E-state index contributed by atoms with van der Waals surface area (Å²) < 4.78 is 1.66. The van der Waals surface area contributed by atoms with E-state index >= 15 is 0 Å². The standard InChI is InChI=1S/C12H18N2O3S/c1-9(6-15)7-18-8-11(16)13-12(17)10-4-3-5-14(10)2/h3-5,9,15H,6-8H2,1-2H3,(H,13,16,17). The maximum Gasteiger partial charge on any atom is 0.274 e. The van der Waals surface area contributed by atoms with Gasteiger partial charge in [0, 0.05) is 19.9 Å². The van der Waals surface area contributed by atoms with E-state index in [9.17, 15) is 9.59 Å². The normalized spacial score (nSPS) is 12.2. The van der Waals surface area contributed by atoms with Crippen LogP contribution in [0.5, 0.6) is 0 Å². The minimum atomic E-state index is -0.386. The molecular formula is C12H18N2O3S. The van der Waals surface area contributed by atoms with Crippen LogP contribution in [0.15, 0.2) is 18.3 Å². The number of carbonyl (C=O) groups is 2. The van der Waals surface area contributed by atoms with Crippen molar-refractivity contribution in [3.05, 3.63) is 24.0 Å². The first-order valence-electron chi connectivity index (χ1n) is 5.68. The van der Waals surface area contributed by atoms with Crippen molar-refractivity contribution in [2.45, 2.75) is 6.92 Å². The van der Waals surface area contributed by atoms with E-state index in [1.165, 1.54) is 11.8 Å².